The maximum atomic E-state index is 12.1. The monoisotopic (exact) mass is 440 g/mol. The first-order valence-electron chi connectivity index (χ1n) is 11.3. The van der Waals surface area contributed by atoms with Gasteiger partial charge in [-0.25, -0.2) is 0 Å². The summed E-state index contributed by atoms with van der Waals surface area (Å²) in [5.41, 5.74) is 17.7. The highest BCUT2D eigenvalue weighted by molar-refractivity contribution is 6.09. The van der Waals surface area contributed by atoms with E-state index in [4.69, 9.17) is 16.2 Å². The van der Waals surface area contributed by atoms with Gasteiger partial charge in [0.15, 0.2) is 0 Å². The highest BCUT2D eigenvalue weighted by Gasteiger charge is 2.29. The van der Waals surface area contributed by atoms with Crippen molar-refractivity contribution in [3.63, 3.8) is 0 Å². The van der Waals surface area contributed by atoms with E-state index in [1.807, 2.05) is 17.0 Å². The van der Waals surface area contributed by atoms with Crippen LogP contribution in [0.15, 0.2) is 46.7 Å². The van der Waals surface area contributed by atoms with Crippen molar-refractivity contribution in [2.75, 3.05) is 44.8 Å². The molecule has 2 heterocycles. The Morgan fingerprint density at radius 2 is 2.16 bits per heavy atom. The Bertz CT molecular complexity index is 871. The second-order valence-corrected chi connectivity index (χ2v) is 8.19. The highest BCUT2D eigenvalue weighted by Crippen LogP contribution is 2.26. The molecule has 8 nitrogen and oxygen atoms in total. The number of nitrogens with zero attached hydrogens (tertiary/aromatic N) is 3. The van der Waals surface area contributed by atoms with Crippen molar-refractivity contribution in [3.8, 4) is 0 Å². The van der Waals surface area contributed by atoms with Gasteiger partial charge in [0.2, 0.25) is 5.91 Å². The van der Waals surface area contributed by atoms with E-state index in [2.05, 4.69) is 34.3 Å². The molecule has 8 heteroatoms. The van der Waals surface area contributed by atoms with Gasteiger partial charge in [-0.3, -0.25) is 9.79 Å². The molecule has 5 N–H and O–H groups in total. The molecule has 0 spiro atoms. The molecular weight excluding hydrogens is 404 g/mol. The van der Waals surface area contributed by atoms with Crippen LogP contribution in [0.25, 0.3) is 5.57 Å². The number of ether oxygens (including phenoxy) is 1. The lowest BCUT2D eigenvalue weighted by atomic mass is 10.0. The van der Waals surface area contributed by atoms with E-state index in [0.717, 1.165) is 54.1 Å². The summed E-state index contributed by atoms with van der Waals surface area (Å²) < 4.78 is 5.53. The number of rotatable bonds is 8. The molecule has 174 valence electrons. The van der Waals surface area contributed by atoms with Gasteiger partial charge in [-0.1, -0.05) is 12.1 Å². The largest absolute Gasteiger partial charge is 0.404 e. The Labute approximate surface area is 191 Å². The van der Waals surface area contributed by atoms with Crippen LogP contribution >= 0.6 is 0 Å². The van der Waals surface area contributed by atoms with Crippen molar-refractivity contribution in [1.82, 2.24) is 10.2 Å². The summed E-state index contributed by atoms with van der Waals surface area (Å²) in [5.74, 6) is 0.0732. The van der Waals surface area contributed by atoms with Crippen LogP contribution < -0.4 is 21.7 Å². The van der Waals surface area contributed by atoms with Gasteiger partial charge in [-0.2, -0.15) is 0 Å². The van der Waals surface area contributed by atoms with Crippen molar-refractivity contribution in [2.24, 2.45) is 16.5 Å². The fourth-order valence-corrected chi connectivity index (χ4v) is 4.31. The molecule has 1 amide bonds. The number of nitrogens with one attached hydrogen (secondary N) is 1. The second kappa shape index (κ2) is 11.2. The molecule has 2 aliphatic rings. The van der Waals surface area contributed by atoms with Crippen LogP contribution in [0.1, 0.15) is 32.3 Å². The van der Waals surface area contributed by atoms with Crippen molar-refractivity contribution in [2.45, 2.75) is 38.9 Å². The predicted molar refractivity (Wildman–Crippen MR) is 130 cm³/mol. The number of carbonyl (C=O) groups is 1. The van der Waals surface area contributed by atoms with E-state index < -0.39 is 0 Å². The molecule has 1 fully saturated rings. The molecule has 2 aliphatic heterocycles. The molecule has 0 aliphatic carbocycles. The summed E-state index contributed by atoms with van der Waals surface area (Å²) in [4.78, 5) is 20.2. The number of nitrogens with two attached hydrogens (primary N) is 2. The molecule has 0 saturated carbocycles. The standard InChI is InChI=1S/C24H36N6O2/c1-4-30(21-7-5-18(6-8-21)19(13-25)14-27-3)24(26)22-15-29(17(2)31)11-9-23(22)28-20-10-12-32-16-20/h5-8,13-14,20,24,28H,4,9-12,15-16,25-26H2,1-3H3/t20-,24?/m0/s1. The minimum absolute atomic E-state index is 0.0732. The number of allylic oxidation sites excluding steroid dienone is 1. The van der Waals surface area contributed by atoms with Gasteiger partial charge in [-0.05, 0) is 31.0 Å². The lowest BCUT2D eigenvalue weighted by Gasteiger charge is -2.39. The molecule has 1 unspecified atom stereocenters. The summed E-state index contributed by atoms with van der Waals surface area (Å²) in [6, 6.07) is 8.45. The normalized spacial score (nSPS) is 20.7. The van der Waals surface area contributed by atoms with Gasteiger partial charge in [-0.15, -0.1) is 0 Å². The first kappa shape index (κ1) is 23.8. The highest BCUT2D eigenvalue weighted by atomic mass is 16.5. The summed E-state index contributed by atoms with van der Waals surface area (Å²) >= 11 is 0. The second-order valence-electron chi connectivity index (χ2n) is 8.19. The Hall–Kier alpha value is -2.84. The van der Waals surface area contributed by atoms with Gasteiger partial charge in [0.25, 0.3) is 0 Å². The number of carbonyl (C=O) groups excluding carboxylic acids is 1. The predicted octanol–water partition coefficient (Wildman–Crippen LogP) is 1.68. The average molecular weight is 441 g/mol. The molecule has 32 heavy (non-hydrogen) atoms. The third-order valence-electron chi connectivity index (χ3n) is 6.15. The average Bonchev–Trinajstić information content (AvgIpc) is 3.31. The van der Waals surface area contributed by atoms with Gasteiger partial charge < -0.3 is 31.3 Å². The third-order valence-corrected chi connectivity index (χ3v) is 6.15. The van der Waals surface area contributed by atoms with E-state index in [1.54, 1.807) is 26.4 Å². The topological polar surface area (TPSA) is 109 Å². The number of hydrogen-bond acceptors (Lipinski definition) is 7. The van der Waals surface area contributed by atoms with Gasteiger partial charge in [0.05, 0.1) is 12.6 Å². The van der Waals surface area contributed by atoms with Crippen LogP contribution in [0.5, 0.6) is 0 Å². The Kier molecular flexibility index (Phi) is 8.30. The number of hydrogen-bond donors (Lipinski definition) is 3. The van der Waals surface area contributed by atoms with E-state index in [-0.39, 0.29) is 12.1 Å². The molecule has 1 saturated heterocycles. The Morgan fingerprint density at radius 3 is 2.72 bits per heavy atom. The smallest absolute Gasteiger partial charge is 0.219 e. The van der Waals surface area contributed by atoms with Gasteiger partial charge >= 0.3 is 0 Å². The fourth-order valence-electron chi connectivity index (χ4n) is 4.31. The molecule has 0 aromatic heterocycles. The number of anilines is 1. The van der Waals surface area contributed by atoms with Crippen LogP contribution in [-0.4, -0.2) is 69.1 Å². The summed E-state index contributed by atoms with van der Waals surface area (Å²) in [7, 11) is 1.72. The van der Waals surface area contributed by atoms with Gasteiger partial charge in [0.1, 0.15) is 6.17 Å². The molecule has 3 rings (SSSR count). The number of likely N-dealkylation sites (N-methyl/N-ethyl adjacent to an activating group) is 1. The lowest BCUT2D eigenvalue weighted by Crippen LogP contribution is -2.51. The maximum absolute atomic E-state index is 12.1. The number of benzene rings is 1. The van der Waals surface area contributed by atoms with Crippen molar-refractivity contribution < 1.29 is 9.53 Å². The lowest BCUT2D eigenvalue weighted by molar-refractivity contribution is -0.128. The Morgan fingerprint density at radius 1 is 1.41 bits per heavy atom. The molecule has 0 radical (unpaired) electrons. The van der Waals surface area contributed by atoms with Crippen LogP contribution in [0, 0.1) is 0 Å². The number of amides is 1. The fraction of sp³-hybridized carbons (Fsp3) is 0.500. The van der Waals surface area contributed by atoms with E-state index in [9.17, 15) is 4.79 Å². The zero-order valence-electron chi connectivity index (χ0n) is 19.4. The molecule has 1 aromatic carbocycles. The Balaban J connectivity index is 1.87. The molecular formula is C24H36N6O2. The summed E-state index contributed by atoms with van der Waals surface area (Å²) in [6.45, 7) is 7.17. The van der Waals surface area contributed by atoms with Crippen LogP contribution in [0.2, 0.25) is 0 Å². The van der Waals surface area contributed by atoms with Gasteiger partial charge in [0, 0.05) is 81.6 Å². The van der Waals surface area contributed by atoms with E-state index in [1.165, 1.54) is 0 Å². The summed E-state index contributed by atoms with van der Waals surface area (Å²) in [6.07, 6.45) is 4.71. The molecule has 1 aromatic rings. The quantitative estimate of drug-likeness (QED) is 0.419. The van der Waals surface area contributed by atoms with E-state index >= 15 is 0 Å². The minimum atomic E-state index is -0.348. The van der Waals surface area contributed by atoms with Crippen LogP contribution in [0.4, 0.5) is 5.69 Å². The van der Waals surface area contributed by atoms with Crippen molar-refractivity contribution in [1.29, 1.82) is 0 Å². The first-order chi connectivity index (χ1) is 15.5. The minimum Gasteiger partial charge on any atom is -0.404 e. The SMILES string of the molecule is CCN(c1ccc(C(C=NC)=CN)cc1)C(N)C1=C(N[C@H]2CCOC2)CCN(C(C)=O)C1. The zero-order valence-corrected chi connectivity index (χ0v) is 19.4. The summed E-state index contributed by atoms with van der Waals surface area (Å²) in [5, 5.41) is 3.66. The first-order valence-corrected chi connectivity index (χ1v) is 11.3. The third kappa shape index (κ3) is 5.49. The van der Waals surface area contributed by atoms with Crippen molar-refractivity contribution >= 4 is 23.4 Å². The van der Waals surface area contributed by atoms with Crippen molar-refractivity contribution in [3.05, 3.63) is 47.3 Å². The van der Waals surface area contributed by atoms with Crippen LogP contribution in [0.3, 0.4) is 0 Å². The van der Waals surface area contributed by atoms with E-state index in [0.29, 0.717) is 25.7 Å². The zero-order chi connectivity index (χ0) is 23.1. The van der Waals surface area contributed by atoms with Crippen LogP contribution in [-0.2, 0) is 9.53 Å². The molecule has 0 bridgehead atoms. The number of aliphatic imine (C=N–C) groups is 1. The molecule has 2 atom stereocenters. The maximum Gasteiger partial charge on any atom is 0.219 e.